The fourth-order valence-electron chi connectivity index (χ4n) is 0.917. The zero-order valence-electron chi connectivity index (χ0n) is 5.85. The first-order chi connectivity index (χ1) is 5.41. The van der Waals surface area contributed by atoms with Gasteiger partial charge in [0.15, 0.2) is 0 Å². The van der Waals surface area contributed by atoms with Crippen LogP contribution in [-0.4, -0.2) is 16.1 Å². The van der Waals surface area contributed by atoms with Crippen LogP contribution in [0.25, 0.3) is 0 Å². The third-order valence-electron chi connectivity index (χ3n) is 1.52. The molecule has 1 N–H and O–H groups in total. The Balaban J connectivity index is 2.85. The average Bonchev–Trinajstić information content (AvgIpc) is 1.92. The van der Waals surface area contributed by atoms with Crippen molar-refractivity contribution in [3.63, 3.8) is 0 Å². The fraction of sp³-hybridized carbons (Fsp3) is 0.429. The summed E-state index contributed by atoms with van der Waals surface area (Å²) < 4.78 is 36.4. The summed E-state index contributed by atoms with van der Waals surface area (Å²) in [5, 5.41) is 8.81. The predicted molar refractivity (Wildman–Crippen MR) is 42.1 cm³/mol. The third kappa shape index (κ3) is 2.03. The summed E-state index contributed by atoms with van der Waals surface area (Å²) in [5.41, 5.74) is 0. The standard InChI is InChI=1S/C7H6BrF3O/c8-6-2-1-4(12)3-5(6)7(9,10)11/h1-3,5-6,12H. The first-order valence-electron chi connectivity index (χ1n) is 3.21. The Morgan fingerprint density at radius 2 is 2.00 bits per heavy atom. The molecule has 0 heterocycles. The van der Waals surface area contributed by atoms with E-state index in [1.807, 2.05) is 0 Å². The van der Waals surface area contributed by atoms with Crippen LogP contribution in [0.5, 0.6) is 0 Å². The lowest BCUT2D eigenvalue weighted by molar-refractivity contribution is -0.159. The van der Waals surface area contributed by atoms with Gasteiger partial charge in [0.05, 0.1) is 5.92 Å². The summed E-state index contributed by atoms with van der Waals surface area (Å²) in [6.07, 6.45) is -1.01. The second kappa shape index (κ2) is 3.12. The van der Waals surface area contributed by atoms with E-state index in [0.29, 0.717) is 0 Å². The van der Waals surface area contributed by atoms with Gasteiger partial charge in [-0.15, -0.1) is 0 Å². The molecule has 0 aromatic heterocycles. The highest BCUT2D eigenvalue weighted by molar-refractivity contribution is 9.09. The van der Waals surface area contributed by atoms with E-state index in [4.69, 9.17) is 5.11 Å². The molecule has 0 spiro atoms. The van der Waals surface area contributed by atoms with Crippen LogP contribution in [0.3, 0.4) is 0 Å². The molecule has 0 radical (unpaired) electrons. The first kappa shape index (κ1) is 9.64. The van der Waals surface area contributed by atoms with Crippen LogP contribution in [0, 0.1) is 5.92 Å². The molecule has 5 heteroatoms. The van der Waals surface area contributed by atoms with E-state index < -0.39 is 16.9 Å². The second-order valence-corrected chi connectivity index (χ2v) is 3.52. The lowest BCUT2D eigenvalue weighted by Crippen LogP contribution is -2.29. The van der Waals surface area contributed by atoms with E-state index in [9.17, 15) is 13.2 Å². The van der Waals surface area contributed by atoms with Crippen molar-refractivity contribution in [2.75, 3.05) is 0 Å². The van der Waals surface area contributed by atoms with E-state index in [-0.39, 0.29) is 5.76 Å². The molecule has 68 valence electrons. The van der Waals surface area contributed by atoms with Gasteiger partial charge in [-0.1, -0.05) is 22.0 Å². The van der Waals surface area contributed by atoms with Crippen LogP contribution in [-0.2, 0) is 0 Å². The number of rotatable bonds is 0. The van der Waals surface area contributed by atoms with Gasteiger partial charge in [0.2, 0.25) is 0 Å². The molecule has 1 nitrogen and oxygen atoms in total. The largest absolute Gasteiger partial charge is 0.508 e. The van der Waals surface area contributed by atoms with Crippen molar-refractivity contribution in [1.82, 2.24) is 0 Å². The molecule has 2 unspecified atom stereocenters. The van der Waals surface area contributed by atoms with Crippen LogP contribution < -0.4 is 0 Å². The summed E-state index contributed by atoms with van der Waals surface area (Å²) in [5.74, 6) is -1.98. The molecule has 0 aromatic rings. The Kier molecular flexibility index (Phi) is 2.51. The topological polar surface area (TPSA) is 20.2 Å². The van der Waals surface area contributed by atoms with Crippen LogP contribution >= 0.6 is 15.9 Å². The van der Waals surface area contributed by atoms with Gasteiger partial charge in [0, 0.05) is 4.83 Å². The number of aliphatic hydroxyl groups excluding tert-OH is 1. The molecule has 0 fully saturated rings. The van der Waals surface area contributed by atoms with E-state index in [2.05, 4.69) is 15.9 Å². The Hall–Kier alpha value is -0.450. The van der Waals surface area contributed by atoms with Gasteiger partial charge >= 0.3 is 6.18 Å². The van der Waals surface area contributed by atoms with Gasteiger partial charge < -0.3 is 5.11 Å². The molecular formula is C7H6BrF3O. The number of hydrogen-bond donors (Lipinski definition) is 1. The van der Waals surface area contributed by atoms with Crippen LogP contribution in [0.15, 0.2) is 24.0 Å². The minimum Gasteiger partial charge on any atom is -0.508 e. The van der Waals surface area contributed by atoms with E-state index in [1.165, 1.54) is 12.2 Å². The Morgan fingerprint density at radius 1 is 1.42 bits per heavy atom. The number of hydrogen-bond acceptors (Lipinski definition) is 1. The van der Waals surface area contributed by atoms with Gasteiger partial charge in [-0.2, -0.15) is 13.2 Å². The zero-order valence-corrected chi connectivity index (χ0v) is 7.43. The van der Waals surface area contributed by atoms with Gasteiger partial charge in [-0.3, -0.25) is 0 Å². The Morgan fingerprint density at radius 3 is 2.42 bits per heavy atom. The minimum absolute atomic E-state index is 0.340. The molecule has 0 aromatic carbocycles. The third-order valence-corrected chi connectivity index (χ3v) is 2.40. The zero-order chi connectivity index (χ0) is 9.35. The maximum absolute atomic E-state index is 12.1. The van der Waals surface area contributed by atoms with Crippen molar-refractivity contribution in [3.05, 3.63) is 24.0 Å². The van der Waals surface area contributed by atoms with Gasteiger partial charge in [-0.25, -0.2) is 0 Å². The van der Waals surface area contributed by atoms with E-state index in [0.717, 1.165) is 6.08 Å². The molecular weight excluding hydrogens is 237 g/mol. The summed E-state index contributed by atoms with van der Waals surface area (Å²) in [6, 6.07) is 0. The van der Waals surface area contributed by atoms with E-state index >= 15 is 0 Å². The lowest BCUT2D eigenvalue weighted by Gasteiger charge is -2.22. The number of halogens is 4. The molecule has 1 aliphatic carbocycles. The lowest BCUT2D eigenvalue weighted by atomic mass is 9.99. The normalized spacial score (nSPS) is 30.2. The van der Waals surface area contributed by atoms with Crippen LogP contribution in [0.2, 0.25) is 0 Å². The molecule has 0 saturated heterocycles. The molecule has 2 atom stereocenters. The van der Waals surface area contributed by atoms with Crippen molar-refractivity contribution in [2.24, 2.45) is 5.92 Å². The summed E-state index contributed by atoms with van der Waals surface area (Å²) in [6.45, 7) is 0. The molecule has 1 rings (SSSR count). The second-order valence-electron chi connectivity index (χ2n) is 2.46. The Bertz CT molecular complexity index is 231. The van der Waals surface area contributed by atoms with Crippen molar-refractivity contribution >= 4 is 15.9 Å². The van der Waals surface area contributed by atoms with Crippen molar-refractivity contribution < 1.29 is 18.3 Å². The predicted octanol–water partition coefficient (Wildman–Crippen LogP) is 2.94. The molecule has 0 saturated carbocycles. The summed E-state index contributed by atoms with van der Waals surface area (Å²) in [4.78, 5) is -0.784. The van der Waals surface area contributed by atoms with Gasteiger partial charge in [0.1, 0.15) is 5.76 Å². The maximum atomic E-state index is 12.1. The highest BCUT2D eigenvalue weighted by atomic mass is 79.9. The summed E-state index contributed by atoms with van der Waals surface area (Å²) in [7, 11) is 0. The highest BCUT2D eigenvalue weighted by Crippen LogP contribution is 2.36. The SMILES string of the molecule is OC1=CC(C(F)(F)F)C(Br)C=C1. The van der Waals surface area contributed by atoms with Crippen molar-refractivity contribution in [2.45, 2.75) is 11.0 Å². The fourth-order valence-corrected chi connectivity index (χ4v) is 1.52. The van der Waals surface area contributed by atoms with Crippen LogP contribution in [0.4, 0.5) is 13.2 Å². The van der Waals surface area contributed by atoms with Crippen molar-refractivity contribution in [1.29, 1.82) is 0 Å². The molecule has 0 aliphatic heterocycles. The smallest absolute Gasteiger partial charge is 0.396 e. The van der Waals surface area contributed by atoms with E-state index in [1.54, 1.807) is 0 Å². The molecule has 12 heavy (non-hydrogen) atoms. The van der Waals surface area contributed by atoms with Gasteiger partial charge in [0.25, 0.3) is 0 Å². The Labute approximate surface area is 75.7 Å². The van der Waals surface area contributed by atoms with Crippen LogP contribution in [0.1, 0.15) is 0 Å². The highest BCUT2D eigenvalue weighted by Gasteiger charge is 2.42. The quantitative estimate of drug-likeness (QED) is 0.648. The monoisotopic (exact) mass is 242 g/mol. The minimum atomic E-state index is -4.31. The summed E-state index contributed by atoms with van der Waals surface area (Å²) >= 11 is 2.86. The number of allylic oxidation sites excluding steroid dienone is 3. The number of alkyl halides is 4. The van der Waals surface area contributed by atoms with Gasteiger partial charge in [-0.05, 0) is 12.2 Å². The molecule has 0 bridgehead atoms. The number of aliphatic hydroxyl groups is 1. The first-order valence-corrected chi connectivity index (χ1v) is 4.12. The van der Waals surface area contributed by atoms with Crippen molar-refractivity contribution in [3.8, 4) is 0 Å². The maximum Gasteiger partial charge on any atom is 0.396 e. The molecule has 1 aliphatic rings. The molecule has 0 amide bonds. The average molecular weight is 243 g/mol.